The summed E-state index contributed by atoms with van der Waals surface area (Å²) in [6.45, 7) is 0. The molecule has 0 spiro atoms. The number of nitrogens with two attached hydrogens (primary N) is 1. The van der Waals surface area contributed by atoms with Crippen LogP contribution in [0.1, 0.15) is 35.2 Å². The zero-order valence-electron chi connectivity index (χ0n) is 10.8. The Bertz CT molecular complexity index is 690. The number of nitriles is 1. The van der Waals surface area contributed by atoms with E-state index in [0.717, 1.165) is 17.5 Å². The maximum Gasteiger partial charge on any atom is 0.143 e. The molecule has 0 fully saturated rings. The molecule has 1 aliphatic rings. The minimum Gasteiger partial charge on any atom is -0.377 e. The molecule has 1 aliphatic carbocycles. The van der Waals surface area contributed by atoms with Gasteiger partial charge in [0, 0.05) is 6.04 Å². The number of nitrogens with zero attached hydrogens (tertiary/aromatic N) is 1. The first-order valence-corrected chi connectivity index (χ1v) is 6.50. The third-order valence-electron chi connectivity index (χ3n) is 3.72. The van der Waals surface area contributed by atoms with E-state index in [2.05, 4.69) is 5.32 Å². The number of fused-ring (bicyclic) bond motifs is 1. The van der Waals surface area contributed by atoms with Crippen LogP contribution in [0, 0.1) is 17.1 Å². The van der Waals surface area contributed by atoms with Crippen LogP contribution in [0.3, 0.4) is 0 Å². The van der Waals surface area contributed by atoms with Crippen molar-refractivity contribution in [2.24, 2.45) is 5.73 Å². The van der Waals surface area contributed by atoms with E-state index >= 15 is 0 Å². The van der Waals surface area contributed by atoms with Crippen molar-refractivity contribution in [2.45, 2.75) is 18.5 Å². The molecule has 0 saturated heterocycles. The van der Waals surface area contributed by atoms with Crippen molar-refractivity contribution in [3.05, 3.63) is 65.0 Å². The lowest BCUT2D eigenvalue weighted by Crippen LogP contribution is -2.11. The van der Waals surface area contributed by atoms with E-state index in [-0.39, 0.29) is 17.6 Å². The SMILES string of the molecule is N#Cc1c(F)cccc1NC1CC(N)c2ccccc21. The molecule has 2 aromatic rings. The van der Waals surface area contributed by atoms with Gasteiger partial charge in [0.1, 0.15) is 17.4 Å². The summed E-state index contributed by atoms with van der Waals surface area (Å²) in [4.78, 5) is 0. The highest BCUT2D eigenvalue weighted by atomic mass is 19.1. The minimum absolute atomic E-state index is 0.00935. The first-order chi connectivity index (χ1) is 9.70. The standard InChI is InChI=1S/C16H14FN3/c17-13-6-3-7-15(12(13)9-18)20-16-8-14(19)10-4-1-2-5-11(10)16/h1-7,14,16,20H,8,19H2. The highest BCUT2D eigenvalue weighted by Crippen LogP contribution is 2.39. The summed E-state index contributed by atoms with van der Waals surface area (Å²) in [5.74, 6) is -0.506. The maximum absolute atomic E-state index is 13.6. The lowest BCUT2D eigenvalue weighted by atomic mass is 10.1. The molecule has 2 aromatic carbocycles. The molecular weight excluding hydrogens is 253 g/mol. The second-order valence-corrected chi connectivity index (χ2v) is 4.94. The third kappa shape index (κ3) is 2.02. The molecule has 2 atom stereocenters. The Hall–Kier alpha value is -2.38. The quantitative estimate of drug-likeness (QED) is 0.878. The fourth-order valence-electron chi connectivity index (χ4n) is 2.76. The first kappa shape index (κ1) is 12.6. The molecule has 0 heterocycles. The van der Waals surface area contributed by atoms with Crippen LogP contribution in [-0.4, -0.2) is 0 Å². The van der Waals surface area contributed by atoms with Gasteiger partial charge in [-0.05, 0) is 29.7 Å². The van der Waals surface area contributed by atoms with Crippen LogP contribution in [-0.2, 0) is 0 Å². The van der Waals surface area contributed by atoms with Gasteiger partial charge in [-0.3, -0.25) is 0 Å². The average Bonchev–Trinajstić information content (AvgIpc) is 2.77. The zero-order chi connectivity index (χ0) is 14.1. The number of anilines is 1. The minimum atomic E-state index is -0.506. The third-order valence-corrected chi connectivity index (χ3v) is 3.72. The molecule has 2 unspecified atom stereocenters. The Balaban J connectivity index is 1.95. The van der Waals surface area contributed by atoms with Crippen LogP contribution in [0.4, 0.5) is 10.1 Å². The van der Waals surface area contributed by atoms with Crippen molar-refractivity contribution < 1.29 is 4.39 Å². The molecule has 4 heteroatoms. The maximum atomic E-state index is 13.6. The molecule has 0 bridgehead atoms. The summed E-state index contributed by atoms with van der Waals surface area (Å²) in [5, 5.41) is 12.3. The molecule has 3 nitrogen and oxygen atoms in total. The van der Waals surface area contributed by atoms with Crippen LogP contribution < -0.4 is 11.1 Å². The number of rotatable bonds is 2. The van der Waals surface area contributed by atoms with Gasteiger partial charge in [-0.25, -0.2) is 4.39 Å². The molecule has 3 rings (SSSR count). The van der Waals surface area contributed by atoms with E-state index in [1.54, 1.807) is 12.1 Å². The summed E-state index contributed by atoms with van der Waals surface area (Å²) in [6.07, 6.45) is 0.737. The summed E-state index contributed by atoms with van der Waals surface area (Å²) in [7, 11) is 0. The highest BCUT2D eigenvalue weighted by Gasteiger charge is 2.28. The summed E-state index contributed by atoms with van der Waals surface area (Å²) in [6, 6.07) is 14.4. The number of nitrogens with one attached hydrogen (secondary N) is 1. The second-order valence-electron chi connectivity index (χ2n) is 4.94. The van der Waals surface area contributed by atoms with Crippen LogP contribution in [0.2, 0.25) is 0 Å². The fraction of sp³-hybridized carbons (Fsp3) is 0.188. The number of benzene rings is 2. The fourth-order valence-corrected chi connectivity index (χ4v) is 2.76. The van der Waals surface area contributed by atoms with E-state index in [0.29, 0.717) is 5.69 Å². The van der Waals surface area contributed by atoms with Crippen LogP contribution in [0.5, 0.6) is 0 Å². The van der Waals surface area contributed by atoms with Crippen molar-refractivity contribution in [3.63, 3.8) is 0 Å². The van der Waals surface area contributed by atoms with Crippen LogP contribution in [0.25, 0.3) is 0 Å². The molecule has 20 heavy (non-hydrogen) atoms. The van der Waals surface area contributed by atoms with E-state index < -0.39 is 5.82 Å². The van der Waals surface area contributed by atoms with Gasteiger partial charge in [-0.2, -0.15) is 5.26 Å². The van der Waals surface area contributed by atoms with Crippen molar-refractivity contribution >= 4 is 5.69 Å². The molecule has 0 amide bonds. The van der Waals surface area contributed by atoms with Gasteiger partial charge in [-0.15, -0.1) is 0 Å². The zero-order valence-corrected chi connectivity index (χ0v) is 10.8. The van der Waals surface area contributed by atoms with Crippen LogP contribution in [0.15, 0.2) is 42.5 Å². The molecule has 0 aliphatic heterocycles. The highest BCUT2D eigenvalue weighted by molar-refractivity contribution is 5.59. The van der Waals surface area contributed by atoms with Gasteiger partial charge >= 0.3 is 0 Å². The molecular formula is C16H14FN3. The van der Waals surface area contributed by atoms with Crippen molar-refractivity contribution in [3.8, 4) is 6.07 Å². The largest absolute Gasteiger partial charge is 0.377 e. The topological polar surface area (TPSA) is 61.8 Å². The van der Waals surface area contributed by atoms with E-state index in [9.17, 15) is 4.39 Å². The Morgan fingerprint density at radius 3 is 2.65 bits per heavy atom. The Labute approximate surface area is 116 Å². The molecule has 3 N–H and O–H groups in total. The molecule has 0 aromatic heterocycles. The smallest absolute Gasteiger partial charge is 0.143 e. The predicted octanol–water partition coefficient (Wildman–Crippen LogP) is 3.25. The van der Waals surface area contributed by atoms with E-state index in [1.165, 1.54) is 6.07 Å². The van der Waals surface area contributed by atoms with Gasteiger partial charge < -0.3 is 11.1 Å². The summed E-state index contributed by atoms with van der Waals surface area (Å²) >= 11 is 0. The van der Waals surface area contributed by atoms with E-state index in [4.69, 9.17) is 11.0 Å². The number of halogens is 1. The Kier molecular flexibility index (Phi) is 3.13. The van der Waals surface area contributed by atoms with Gasteiger partial charge in [0.2, 0.25) is 0 Å². The lowest BCUT2D eigenvalue weighted by molar-refractivity contribution is 0.621. The van der Waals surface area contributed by atoms with Gasteiger partial charge in [0.25, 0.3) is 0 Å². The number of hydrogen-bond donors (Lipinski definition) is 2. The Morgan fingerprint density at radius 1 is 1.15 bits per heavy atom. The van der Waals surface area contributed by atoms with Crippen molar-refractivity contribution in [2.75, 3.05) is 5.32 Å². The van der Waals surface area contributed by atoms with Gasteiger partial charge in [-0.1, -0.05) is 30.3 Å². The first-order valence-electron chi connectivity index (χ1n) is 6.50. The van der Waals surface area contributed by atoms with Crippen molar-refractivity contribution in [1.82, 2.24) is 0 Å². The normalized spacial score (nSPS) is 20.2. The van der Waals surface area contributed by atoms with Gasteiger partial charge in [0.05, 0.1) is 11.7 Å². The summed E-state index contributed by atoms with van der Waals surface area (Å²) in [5.41, 5.74) is 8.90. The molecule has 0 radical (unpaired) electrons. The van der Waals surface area contributed by atoms with E-state index in [1.807, 2.05) is 30.3 Å². The molecule has 100 valence electrons. The lowest BCUT2D eigenvalue weighted by Gasteiger charge is -2.16. The average molecular weight is 267 g/mol. The number of hydrogen-bond acceptors (Lipinski definition) is 3. The second kappa shape index (κ2) is 4.95. The Morgan fingerprint density at radius 2 is 1.90 bits per heavy atom. The monoisotopic (exact) mass is 267 g/mol. The van der Waals surface area contributed by atoms with Gasteiger partial charge in [0.15, 0.2) is 0 Å². The molecule has 0 saturated carbocycles. The van der Waals surface area contributed by atoms with Crippen LogP contribution >= 0.6 is 0 Å². The van der Waals surface area contributed by atoms with Crippen molar-refractivity contribution in [1.29, 1.82) is 5.26 Å². The summed E-state index contributed by atoms with van der Waals surface area (Å²) < 4.78 is 13.6. The predicted molar refractivity (Wildman–Crippen MR) is 75.5 cm³/mol.